The Morgan fingerprint density at radius 2 is 2.06 bits per heavy atom. The van der Waals surface area contributed by atoms with Gasteiger partial charge in [0.05, 0.1) is 11.3 Å². The Bertz CT molecular complexity index is 446. The van der Waals surface area contributed by atoms with Crippen LogP contribution in [0.1, 0.15) is 17.3 Å². The van der Waals surface area contributed by atoms with E-state index >= 15 is 0 Å². The van der Waals surface area contributed by atoms with Crippen LogP contribution < -0.4 is 16.4 Å². The SMILES string of the molecule is CNC(=O)C(C)Nc1cc(N)ccc1C(=O)O. The van der Waals surface area contributed by atoms with Crippen molar-refractivity contribution in [2.75, 3.05) is 18.1 Å². The average Bonchev–Trinajstić information content (AvgIpc) is 2.27. The number of nitrogen functional groups attached to an aromatic ring is 1. The molecule has 0 aliphatic rings. The molecular weight excluding hydrogens is 222 g/mol. The van der Waals surface area contributed by atoms with Crippen LogP contribution in [0.3, 0.4) is 0 Å². The van der Waals surface area contributed by atoms with Crippen molar-refractivity contribution in [3.63, 3.8) is 0 Å². The van der Waals surface area contributed by atoms with Gasteiger partial charge in [0.25, 0.3) is 0 Å². The lowest BCUT2D eigenvalue weighted by atomic mass is 10.1. The molecule has 0 aliphatic carbocycles. The van der Waals surface area contributed by atoms with Gasteiger partial charge in [-0.05, 0) is 25.1 Å². The summed E-state index contributed by atoms with van der Waals surface area (Å²) in [4.78, 5) is 22.3. The number of hydrogen-bond donors (Lipinski definition) is 4. The molecule has 6 heteroatoms. The number of carboxylic acids is 1. The number of hydrogen-bond acceptors (Lipinski definition) is 4. The van der Waals surface area contributed by atoms with Gasteiger partial charge in [0.2, 0.25) is 5.91 Å². The van der Waals surface area contributed by atoms with E-state index in [9.17, 15) is 9.59 Å². The fourth-order valence-corrected chi connectivity index (χ4v) is 1.38. The number of carbonyl (C=O) groups is 2. The molecule has 0 fully saturated rings. The smallest absolute Gasteiger partial charge is 0.337 e. The van der Waals surface area contributed by atoms with Gasteiger partial charge in [0, 0.05) is 12.7 Å². The van der Waals surface area contributed by atoms with Crippen molar-refractivity contribution in [1.29, 1.82) is 0 Å². The quantitative estimate of drug-likeness (QED) is 0.571. The predicted molar refractivity (Wildman–Crippen MR) is 65.0 cm³/mol. The first-order valence-corrected chi connectivity index (χ1v) is 5.06. The van der Waals surface area contributed by atoms with E-state index in [0.717, 1.165) is 0 Å². The number of aromatic carboxylic acids is 1. The number of amides is 1. The normalized spacial score (nSPS) is 11.6. The molecule has 0 aliphatic heterocycles. The van der Waals surface area contributed by atoms with Crippen LogP contribution in [0.25, 0.3) is 0 Å². The molecular formula is C11H15N3O3. The molecule has 0 heterocycles. The molecule has 0 bridgehead atoms. The summed E-state index contributed by atoms with van der Waals surface area (Å²) in [6, 6.07) is 3.85. The number of carboxylic acid groups (broad SMARTS) is 1. The minimum absolute atomic E-state index is 0.0787. The summed E-state index contributed by atoms with van der Waals surface area (Å²) in [5.41, 5.74) is 6.42. The molecule has 0 saturated carbocycles. The number of rotatable bonds is 4. The highest BCUT2D eigenvalue weighted by Crippen LogP contribution is 2.20. The van der Waals surface area contributed by atoms with E-state index in [1.807, 2.05) is 0 Å². The number of carbonyl (C=O) groups excluding carboxylic acids is 1. The summed E-state index contributed by atoms with van der Waals surface area (Å²) in [5, 5.41) is 14.3. The second kappa shape index (κ2) is 5.20. The zero-order valence-electron chi connectivity index (χ0n) is 9.65. The first kappa shape index (κ1) is 12.8. The lowest BCUT2D eigenvalue weighted by Gasteiger charge is -2.15. The molecule has 1 rings (SSSR count). The number of nitrogens with one attached hydrogen (secondary N) is 2. The Hall–Kier alpha value is -2.24. The highest BCUT2D eigenvalue weighted by molar-refractivity contribution is 5.96. The number of likely N-dealkylation sites (N-methyl/N-ethyl adjacent to an activating group) is 1. The molecule has 17 heavy (non-hydrogen) atoms. The molecule has 0 aromatic heterocycles. The highest BCUT2D eigenvalue weighted by Gasteiger charge is 2.15. The van der Waals surface area contributed by atoms with Crippen LogP contribution in [-0.4, -0.2) is 30.1 Å². The summed E-state index contributed by atoms with van der Waals surface area (Å²) in [5.74, 6) is -1.31. The fourth-order valence-electron chi connectivity index (χ4n) is 1.38. The Morgan fingerprint density at radius 3 is 2.59 bits per heavy atom. The Kier molecular flexibility index (Phi) is 3.92. The van der Waals surface area contributed by atoms with Crippen LogP contribution in [0, 0.1) is 0 Å². The van der Waals surface area contributed by atoms with Crippen LogP contribution in [0.2, 0.25) is 0 Å². The van der Waals surface area contributed by atoms with Crippen molar-refractivity contribution in [2.24, 2.45) is 0 Å². The van der Waals surface area contributed by atoms with Gasteiger partial charge in [-0.15, -0.1) is 0 Å². The van der Waals surface area contributed by atoms with E-state index in [1.165, 1.54) is 25.2 Å². The highest BCUT2D eigenvalue weighted by atomic mass is 16.4. The molecule has 6 nitrogen and oxygen atoms in total. The van der Waals surface area contributed by atoms with Crippen LogP contribution >= 0.6 is 0 Å². The van der Waals surface area contributed by atoms with Crippen molar-refractivity contribution in [1.82, 2.24) is 5.32 Å². The molecule has 1 aromatic carbocycles. The Labute approximate surface area is 98.8 Å². The van der Waals surface area contributed by atoms with Crippen molar-refractivity contribution in [3.8, 4) is 0 Å². The Morgan fingerprint density at radius 1 is 1.41 bits per heavy atom. The summed E-state index contributed by atoms with van der Waals surface area (Å²) in [6.45, 7) is 1.63. The number of benzene rings is 1. The second-order valence-corrected chi connectivity index (χ2v) is 3.59. The maximum Gasteiger partial charge on any atom is 0.337 e. The molecule has 1 aromatic rings. The second-order valence-electron chi connectivity index (χ2n) is 3.59. The van der Waals surface area contributed by atoms with Crippen LogP contribution in [0.5, 0.6) is 0 Å². The van der Waals surface area contributed by atoms with E-state index in [-0.39, 0.29) is 11.5 Å². The van der Waals surface area contributed by atoms with Crippen molar-refractivity contribution >= 4 is 23.3 Å². The van der Waals surface area contributed by atoms with Gasteiger partial charge in [-0.25, -0.2) is 4.79 Å². The van der Waals surface area contributed by atoms with Crippen molar-refractivity contribution < 1.29 is 14.7 Å². The standard InChI is InChI=1S/C11H15N3O3/c1-6(10(15)13-2)14-9-5-7(12)3-4-8(9)11(16)17/h3-6,14H,12H2,1-2H3,(H,13,15)(H,16,17). The molecule has 0 saturated heterocycles. The summed E-state index contributed by atoms with van der Waals surface area (Å²) in [6.07, 6.45) is 0. The minimum Gasteiger partial charge on any atom is -0.478 e. The third-order valence-electron chi connectivity index (χ3n) is 2.29. The van der Waals surface area contributed by atoms with Crippen molar-refractivity contribution in [3.05, 3.63) is 23.8 Å². The molecule has 92 valence electrons. The molecule has 5 N–H and O–H groups in total. The van der Waals surface area contributed by atoms with Gasteiger partial charge >= 0.3 is 5.97 Å². The summed E-state index contributed by atoms with van der Waals surface area (Å²) < 4.78 is 0. The topological polar surface area (TPSA) is 104 Å². The number of anilines is 2. The maximum absolute atomic E-state index is 11.3. The summed E-state index contributed by atoms with van der Waals surface area (Å²) in [7, 11) is 1.51. The van der Waals surface area contributed by atoms with Gasteiger partial charge in [0.15, 0.2) is 0 Å². The molecule has 1 amide bonds. The van der Waals surface area contributed by atoms with Crippen molar-refractivity contribution in [2.45, 2.75) is 13.0 Å². The van der Waals surface area contributed by atoms with E-state index in [2.05, 4.69) is 10.6 Å². The van der Waals surface area contributed by atoms with Gasteiger partial charge in [-0.3, -0.25) is 4.79 Å². The largest absolute Gasteiger partial charge is 0.478 e. The van der Waals surface area contributed by atoms with E-state index in [0.29, 0.717) is 11.4 Å². The Balaban J connectivity index is 3.00. The lowest BCUT2D eigenvalue weighted by molar-refractivity contribution is -0.121. The van der Waals surface area contributed by atoms with Crippen LogP contribution in [0.15, 0.2) is 18.2 Å². The predicted octanol–water partition coefficient (Wildman–Crippen LogP) is 0.513. The first-order valence-electron chi connectivity index (χ1n) is 5.06. The monoisotopic (exact) mass is 237 g/mol. The third kappa shape index (κ3) is 3.10. The van der Waals surface area contributed by atoms with E-state index in [1.54, 1.807) is 6.92 Å². The molecule has 1 unspecified atom stereocenters. The summed E-state index contributed by atoms with van der Waals surface area (Å²) >= 11 is 0. The van der Waals surface area contributed by atoms with E-state index in [4.69, 9.17) is 10.8 Å². The lowest BCUT2D eigenvalue weighted by Crippen LogP contribution is -2.35. The fraction of sp³-hybridized carbons (Fsp3) is 0.273. The minimum atomic E-state index is -1.07. The maximum atomic E-state index is 11.3. The van der Waals surface area contributed by atoms with Gasteiger partial charge in [-0.2, -0.15) is 0 Å². The average molecular weight is 237 g/mol. The van der Waals surface area contributed by atoms with Gasteiger partial charge in [0.1, 0.15) is 6.04 Å². The molecule has 0 radical (unpaired) electrons. The van der Waals surface area contributed by atoms with Gasteiger partial charge in [-0.1, -0.05) is 0 Å². The first-order chi connectivity index (χ1) is 7.95. The van der Waals surface area contributed by atoms with Crippen LogP contribution in [-0.2, 0) is 4.79 Å². The number of nitrogens with two attached hydrogens (primary N) is 1. The zero-order chi connectivity index (χ0) is 13.0. The molecule has 0 spiro atoms. The van der Waals surface area contributed by atoms with Gasteiger partial charge < -0.3 is 21.5 Å². The zero-order valence-corrected chi connectivity index (χ0v) is 9.65. The van der Waals surface area contributed by atoms with Crippen LogP contribution in [0.4, 0.5) is 11.4 Å². The van der Waals surface area contributed by atoms with E-state index < -0.39 is 12.0 Å². The third-order valence-corrected chi connectivity index (χ3v) is 2.29. The molecule has 1 atom stereocenters.